The minimum atomic E-state index is -5.03. The van der Waals surface area contributed by atoms with Gasteiger partial charge in [0.15, 0.2) is 0 Å². The molecule has 0 aromatic heterocycles. The van der Waals surface area contributed by atoms with Crippen LogP contribution in [-0.2, 0) is 27.9 Å². The maximum atomic E-state index is 12.9. The van der Waals surface area contributed by atoms with E-state index in [2.05, 4.69) is 38.2 Å². The summed E-state index contributed by atoms with van der Waals surface area (Å²) in [6, 6.07) is 0. The number of unbranched alkanes of at least 4 members (excludes halogenated alkanes) is 36. The molecule has 0 aromatic carbocycles. The SMILES string of the molecule is CCCCCCC/C=C\C/C=C\CCCCCCCCCCCC(=O)OC(COCCCCCCCCCCCCCCCCCCCCCCCCC)COP(=O)(O)OC1C(O)C(O)C(O)C(O)C1O. The van der Waals surface area contributed by atoms with Crippen molar-refractivity contribution in [1.82, 2.24) is 0 Å². The van der Waals surface area contributed by atoms with Crippen molar-refractivity contribution in [3.63, 3.8) is 0 Å². The molecule has 0 amide bonds. The first-order valence-corrected chi connectivity index (χ1v) is 31.2. The van der Waals surface area contributed by atoms with Crippen molar-refractivity contribution in [2.24, 2.45) is 0 Å². The molecular formula is C58H111O12P. The van der Waals surface area contributed by atoms with Gasteiger partial charge in [-0.2, -0.15) is 0 Å². The highest BCUT2D eigenvalue weighted by Gasteiger charge is 2.51. The van der Waals surface area contributed by atoms with E-state index in [-0.39, 0.29) is 13.0 Å². The summed E-state index contributed by atoms with van der Waals surface area (Å²) < 4.78 is 34.4. The van der Waals surface area contributed by atoms with Crippen LogP contribution in [0, 0.1) is 0 Å². The summed E-state index contributed by atoms with van der Waals surface area (Å²) in [7, 11) is -5.03. The first-order valence-electron chi connectivity index (χ1n) is 29.7. The second-order valence-corrected chi connectivity index (χ2v) is 22.3. The lowest BCUT2D eigenvalue weighted by Gasteiger charge is -2.41. The van der Waals surface area contributed by atoms with Gasteiger partial charge in [0.2, 0.25) is 0 Å². The number of rotatable bonds is 52. The van der Waals surface area contributed by atoms with Crippen molar-refractivity contribution in [2.45, 2.75) is 320 Å². The van der Waals surface area contributed by atoms with E-state index < -0.39 is 63.1 Å². The van der Waals surface area contributed by atoms with E-state index in [1.54, 1.807) is 0 Å². The second kappa shape index (κ2) is 48.5. The molecule has 1 rings (SSSR count). The van der Waals surface area contributed by atoms with Crippen LogP contribution < -0.4 is 0 Å². The molecule has 420 valence electrons. The Labute approximate surface area is 434 Å². The standard InChI is InChI=1S/C58H111O12P/c1-3-5-7-9-11-13-15-17-19-21-23-25-26-28-30-32-34-36-38-40-42-44-46-48-67-49-51(50-68-71(65,66)70-58-56(63)54(61)53(60)55(62)57(58)64)69-52(59)47-45-43-41-39-37-35-33-31-29-27-24-22-20-18-16-14-12-10-8-6-4-2/h16,18,22,24,51,53-58,60-64H,3-15,17,19-21,23,25-50H2,1-2H3,(H,65,66)/b18-16-,24-22-. The molecule has 1 aliphatic rings. The Morgan fingerprint density at radius 2 is 0.789 bits per heavy atom. The molecule has 6 atom stereocenters. The predicted molar refractivity (Wildman–Crippen MR) is 290 cm³/mol. The van der Waals surface area contributed by atoms with Crippen LogP contribution in [0.4, 0.5) is 0 Å². The van der Waals surface area contributed by atoms with Crippen molar-refractivity contribution in [2.75, 3.05) is 19.8 Å². The normalized spacial score (nSPS) is 20.8. The van der Waals surface area contributed by atoms with Crippen LogP contribution in [0.15, 0.2) is 24.3 Å². The number of hydrogen-bond acceptors (Lipinski definition) is 11. The molecule has 6 N–H and O–H groups in total. The van der Waals surface area contributed by atoms with Crippen molar-refractivity contribution >= 4 is 13.8 Å². The Balaban J connectivity index is 2.26. The lowest BCUT2D eigenvalue weighted by atomic mass is 9.85. The number of hydrogen-bond donors (Lipinski definition) is 6. The second-order valence-electron chi connectivity index (χ2n) is 20.9. The van der Waals surface area contributed by atoms with Gasteiger partial charge in [-0.15, -0.1) is 0 Å². The molecule has 13 heteroatoms. The first kappa shape index (κ1) is 67.8. The molecule has 1 fully saturated rings. The van der Waals surface area contributed by atoms with Crippen LogP contribution in [0.3, 0.4) is 0 Å². The maximum Gasteiger partial charge on any atom is 0.472 e. The average Bonchev–Trinajstić information content (AvgIpc) is 3.36. The molecule has 6 unspecified atom stereocenters. The van der Waals surface area contributed by atoms with Crippen LogP contribution in [-0.4, -0.2) is 98.9 Å². The highest BCUT2D eigenvalue weighted by molar-refractivity contribution is 7.47. The number of carbonyl (C=O) groups is 1. The van der Waals surface area contributed by atoms with E-state index in [1.807, 2.05) is 0 Å². The molecule has 0 spiro atoms. The van der Waals surface area contributed by atoms with Crippen LogP contribution >= 0.6 is 7.82 Å². The summed E-state index contributed by atoms with van der Waals surface area (Å²) in [5, 5.41) is 50.4. The third-order valence-corrected chi connectivity index (χ3v) is 15.1. The van der Waals surface area contributed by atoms with Gasteiger partial charge in [0.05, 0.1) is 13.2 Å². The van der Waals surface area contributed by atoms with Gasteiger partial charge in [-0.05, 0) is 44.9 Å². The summed E-state index contributed by atoms with van der Waals surface area (Å²) in [6.07, 6.45) is 46.8. The average molecular weight is 1030 g/mol. The highest BCUT2D eigenvalue weighted by atomic mass is 31.2. The van der Waals surface area contributed by atoms with Crippen molar-refractivity contribution in [1.29, 1.82) is 0 Å². The Kier molecular flexibility index (Phi) is 46.3. The lowest BCUT2D eigenvalue weighted by molar-refractivity contribution is -0.220. The Bertz CT molecular complexity index is 1270. The fourth-order valence-corrected chi connectivity index (χ4v) is 10.4. The number of phosphoric ester groups is 1. The molecule has 1 aliphatic carbocycles. The topological polar surface area (TPSA) is 192 Å². The van der Waals surface area contributed by atoms with E-state index in [9.17, 15) is 39.8 Å². The molecule has 1 saturated carbocycles. The van der Waals surface area contributed by atoms with Gasteiger partial charge in [-0.3, -0.25) is 13.8 Å². The largest absolute Gasteiger partial charge is 0.472 e. The third kappa shape index (κ3) is 39.8. The Morgan fingerprint density at radius 1 is 0.451 bits per heavy atom. The zero-order chi connectivity index (χ0) is 51.9. The molecule has 12 nitrogen and oxygen atoms in total. The number of esters is 1. The van der Waals surface area contributed by atoms with Gasteiger partial charge in [-0.25, -0.2) is 4.57 Å². The van der Waals surface area contributed by atoms with Crippen molar-refractivity contribution < 1.29 is 58.3 Å². The number of ether oxygens (including phenoxy) is 2. The number of carbonyl (C=O) groups excluding carboxylic acids is 1. The van der Waals surface area contributed by atoms with Crippen molar-refractivity contribution in [3.8, 4) is 0 Å². The van der Waals surface area contributed by atoms with Crippen LogP contribution in [0.5, 0.6) is 0 Å². The quantitative estimate of drug-likeness (QED) is 0.0146. The fraction of sp³-hybridized carbons (Fsp3) is 0.914. The number of aliphatic hydroxyl groups is 5. The molecule has 0 aliphatic heterocycles. The van der Waals surface area contributed by atoms with Crippen LogP contribution in [0.2, 0.25) is 0 Å². The van der Waals surface area contributed by atoms with E-state index in [1.165, 1.54) is 199 Å². The van der Waals surface area contributed by atoms with E-state index in [4.69, 9.17) is 18.5 Å². The molecule has 0 heterocycles. The monoisotopic (exact) mass is 1030 g/mol. The number of aliphatic hydroxyl groups excluding tert-OH is 5. The predicted octanol–water partition coefficient (Wildman–Crippen LogP) is 14.4. The van der Waals surface area contributed by atoms with E-state index in [0.717, 1.165) is 51.4 Å². The van der Waals surface area contributed by atoms with Gasteiger partial charge in [0.1, 0.15) is 42.7 Å². The molecule has 0 aromatic rings. The lowest BCUT2D eigenvalue weighted by Crippen LogP contribution is -2.64. The van der Waals surface area contributed by atoms with Crippen molar-refractivity contribution in [3.05, 3.63) is 24.3 Å². The molecule has 0 radical (unpaired) electrons. The molecular weight excluding hydrogens is 920 g/mol. The number of allylic oxidation sites excluding steroid dienone is 4. The van der Waals surface area contributed by atoms with E-state index in [0.29, 0.717) is 13.0 Å². The van der Waals surface area contributed by atoms with Gasteiger partial charge in [-0.1, -0.05) is 250 Å². The smallest absolute Gasteiger partial charge is 0.457 e. The van der Waals surface area contributed by atoms with Gasteiger partial charge >= 0.3 is 13.8 Å². The van der Waals surface area contributed by atoms with Crippen LogP contribution in [0.25, 0.3) is 0 Å². The summed E-state index contributed by atoms with van der Waals surface area (Å²) in [5.74, 6) is -0.475. The summed E-state index contributed by atoms with van der Waals surface area (Å²) in [6.45, 7) is 4.31. The zero-order valence-electron chi connectivity index (χ0n) is 45.5. The summed E-state index contributed by atoms with van der Waals surface area (Å²) in [5.41, 5.74) is 0. The van der Waals surface area contributed by atoms with Gasteiger partial charge < -0.3 is 39.9 Å². The molecule has 71 heavy (non-hydrogen) atoms. The zero-order valence-corrected chi connectivity index (χ0v) is 46.4. The first-order chi connectivity index (χ1) is 34.5. The minimum absolute atomic E-state index is 0.0731. The Morgan fingerprint density at radius 3 is 1.18 bits per heavy atom. The number of phosphoric acid groups is 1. The third-order valence-electron chi connectivity index (χ3n) is 14.1. The minimum Gasteiger partial charge on any atom is -0.457 e. The summed E-state index contributed by atoms with van der Waals surface area (Å²) in [4.78, 5) is 23.3. The van der Waals surface area contributed by atoms with Gasteiger partial charge in [0, 0.05) is 13.0 Å². The molecule has 0 saturated heterocycles. The van der Waals surface area contributed by atoms with Gasteiger partial charge in [0.25, 0.3) is 0 Å². The van der Waals surface area contributed by atoms with E-state index >= 15 is 0 Å². The highest BCUT2D eigenvalue weighted by Crippen LogP contribution is 2.47. The molecule has 0 bridgehead atoms. The maximum absolute atomic E-state index is 12.9. The van der Waals surface area contributed by atoms with Crippen LogP contribution in [0.1, 0.15) is 277 Å². The fourth-order valence-electron chi connectivity index (χ4n) is 9.39. The summed E-state index contributed by atoms with van der Waals surface area (Å²) >= 11 is 0. The Hall–Kier alpha value is -1.18.